The minimum atomic E-state index is -3.20. The van der Waals surface area contributed by atoms with E-state index in [0.717, 1.165) is 0 Å². The van der Waals surface area contributed by atoms with E-state index in [4.69, 9.17) is 16.0 Å². The Morgan fingerprint density at radius 1 is 1.10 bits per heavy atom. The Morgan fingerprint density at radius 2 is 1.80 bits per heavy atom. The molecule has 6 heteroatoms. The molecular weight excluding hydrogens is 298 g/mol. The van der Waals surface area contributed by atoms with Crippen LogP contribution in [-0.2, 0) is 9.84 Å². The maximum absolute atomic E-state index is 11.4. The number of oxazole rings is 1. The van der Waals surface area contributed by atoms with Gasteiger partial charge in [-0.2, -0.15) is 0 Å². The van der Waals surface area contributed by atoms with Gasteiger partial charge in [-0.25, -0.2) is 13.4 Å². The zero-order chi connectivity index (χ0) is 14.3. The number of hydrogen-bond acceptors (Lipinski definition) is 4. The van der Waals surface area contributed by atoms with Crippen LogP contribution in [0.3, 0.4) is 0 Å². The lowest BCUT2D eigenvalue weighted by atomic mass is 10.2. The Kier molecular flexibility index (Phi) is 3.03. The normalized spacial score (nSPS) is 11.9. The number of aromatic nitrogens is 1. The molecule has 1 aromatic heterocycles. The summed E-state index contributed by atoms with van der Waals surface area (Å²) >= 11 is 5.90. The van der Waals surface area contributed by atoms with Gasteiger partial charge in [0.1, 0.15) is 5.52 Å². The standard InChI is InChI=1S/C14H10ClNO3S/c1-20(17,18)11-5-2-9(3-6-11)14-16-12-8-10(15)4-7-13(12)19-14/h2-8H,1H3. The van der Waals surface area contributed by atoms with E-state index in [0.29, 0.717) is 27.6 Å². The first-order valence-corrected chi connectivity index (χ1v) is 8.07. The highest BCUT2D eigenvalue weighted by molar-refractivity contribution is 7.90. The molecule has 0 saturated heterocycles. The van der Waals surface area contributed by atoms with Crippen molar-refractivity contribution in [3.63, 3.8) is 0 Å². The fraction of sp³-hybridized carbons (Fsp3) is 0.0714. The van der Waals surface area contributed by atoms with Gasteiger partial charge in [-0.3, -0.25) is 0 Å². The summed E-state index contributed by atoms with van der Waals surface area (Å²) in [4.78, 5) is 4.60. The summed E-state index contributed by atoms with van der Waals surface area (Å²) < 4.78 is 28.4. The molecule has 1 heterocycles. The van der Waals surface area contributed by atoms with E-state index >= 15 is 0 Å². The Balaban J connectivity index is 2.07. The smallest absolute Gasteiger partial charge is 0.227 e. The lowest BCUT2D eigenvalue weighted by molar-refractivity contribution is 0.601. The van der Waals surface area contributed by atoms with Crippen molar-refractivity contribution in [3.8, 4) is 11.5 Å². The first kappa shape index (κ1) is 13.1. The van der Waals surface area contributed by atoms with Crippen LogP contribution in [0.2, 0.25) is 5.02 Å². The molecule has 4 nitrogen and oxygen atoms in total. The monoisotopic (exact) mass is 307 g/mol. The number of rotatable bonds is 2. The number of benzene rings is 2. The summed E-state index contributed by atoms with van der Waals surface area (Å²) in [5, 5.41) is 0.588. The van der Waals surface area contributed by atoms with Gasteiger partial charge in [-0.1, -0.05) is 11.6 Å². The van der Waals surface area contributed by atoms with E-state index in [1.807, 2.05) is 0 Å². The van der Waals surface area contributed by atoms with Gasteiger partial charge in [0.15, 0.2) is 15.4 Å². The molecule has 0 aliphatic rings. The summed E-state index contributed by atoms with van der Waals surface area (Å²) in [6, 6.07) is 11.6. The predicted molar refractivity (Wildman–Crippen MR) is 77.6 cm³/mol. The molecule has 0 unspecified atom stereocenters. The van der Waals surface area contributed by atoms with Gasteiger partial charge in [0, 0.05) is 16.8 Å². The van der Waals surface area contributed by atoms with E-state index in [-0.39, 0.29) is 4.90 Å². The van der Waals surface area contributed by atoms with Crippen molar-refractivity contribution >= 4 is 32.5 Å². The Labute approximate surface area is 120 Å². The molecule has 0 saturated carbocycles. The van der Waals surface area contributed by atoms with Crippen LogP contribution in [0.4, 0.5) is 0 Å². The summed E-state index contributed by atoms with van der Waals surface area (Å²) in [5.41, 5.74) is 2.01. The molecule has 0 aliphatic heterocycles. The highest BCUT2D eigenvalue weighted by atomic mass is 35.5. The highest BCUT2D eigenvalue weighted by Gasteiger charge is 2.11. The Morgan fingerprint density at radius 3 is 2.45 bits per heavy atom. The van der Waals surface area contributed by atoms with Crippen LogP contribution in [0.1, 0.15) is 0 Å². The number of halogens is 1. The summed E-state index contributed by atoms with van der Waals surface area (Å²) in [6.07, 6.45) is 1.17. The van der Waals surface area contributed by atoms with Crippen LogP contribution in [0.15, 0.2) is 51.8 Å². The number of nitrogens with zero attached hydrogens (tertiary/aromatic N) is 1. The Bertz CT molecular complexity index is 882. The lowest BCUT2D eigenvalue weighted by Gasteiger charge is -1.99. The second-order valence-electron chi connectivity index (χ2n) is 4.43. The molecule has 0 spiro atoms. The largest absolute Gasteiger partial charge is 0.436 e. The van der Waals surface area contributed by atoms with Gasteiger partial charge in [-0.05, 0) is 42.5 Å². The van der Waals surface area contributed by atoms with E-state index in [1.54, 1.807) is 30.3 Å². The fourth-order valence-corrected chi connectivity index (χ4v) is 2.67. The van der Waals surface area contributed by atoms with Crippen LogP contribution in [0.5, 0.6) is 0 Å². The van der Waals surface area contributed by atoms with Crippen molar-refractivity contribution in [2.75, 3.05) is 6.26 Å². The third-order valence-electron chi connectivity index (χ3n) is 2.88. The fourth-order valence-electron chi connectivity index (χ4n) is 1.87. The van der Waals surface area contributed by atoms with Crippen LogP contribution < -0.4 is 0 Å². The quantitative estimate of drug-likeness (QED) is 0.726. The third kappa shape index (κ3) is 2.42. The van der Waals surface area contributed by atoms with Crippen LogP contribution in [-0.4, -0.2) is 19.7 Å². The van der Waals surface area contributed by atoms with E-state index in [9.17, 15) is 8.42 Å². The van der Waals surface area contributed by atoms with E-state index in [1.165, 1.54) is 18.4 Å². The molecule has 0 N–H and O–H groups in total. The molecule has 0 radical (unpaired) electrons. The molecular formula is C14H10ClNO3S. The van der Waals surface area contributed by atoms with E-state index in [2.05, 4.69) is 4.98 Å². The highest BCUT2D eigenvalue weighted by Crippen LogP contribution is 2.26. The Hall–Kier alpha value is -1.85. The maximum atomic E-state index is 11.4. The first-order chi connectivity index (χ1) is 9.43. The van der Waals surface area contributed by atoms with Crippen molar-refractivity contribution in [1.29, 1.82) is 0 Å². The van der Waals surface area contributed by atoms with Gasteiger partial charge in [0.05, 0.1) is 4.90 Å². The predicted octanol–water partition coefficient (Wildman–Crippen LogP) is 3.55. The second-order valence-corrected chi connectivity index (χ2v) is 6.88. The molecule has 0 amide bonds. The SMILES string of the molecule is CS(=O)(=O)c1ccc(-c2nc3cc(Cl)ccc3o2)cc1. The molecule has 3 aromatic rings. The van der Waals surface area contributed by atoms with Crippen molar-refractivity contribution in [2.45, 2.75) is 4.90 Å². The first-order valence-electron chi connectivity index (χ1n) is 5.80. The number of hydrogen-bond donors (Lipinski definition) is 0. The average Bonchev–Trinajstić information content (AvgIpc) is 2.80. The third-order valence-corrected chi connectivity index (χ3v) is 4.24. The van der Waals surface area contributed by atoms with E-state index < -0.39 is 9.84 Å². The molecule has 0 fully saturated rings. The molecule has 0 bridgehead atoms. The van der Waals surface area contributed by atoms with Gasteiger partial charge >= 0.3 is 0 Å². The zero-order valence-corrected chi connectivity index (χ0v) is 12.1. The molecule has 2 aromatic carbocycles. The van der Waals surface area contributed by atoms with Gasteiger partial charge < -0.3 is 4.42 Å². The summed E-state index contributed by atoms with van der Waals surface area (Å²) in [7, 11) is -3.20. The van der Waals surface area contributed by atoms with Gasteiger partial charge in [0.25, 0.3) is 0 Å². The summed E-state index contributed by atoms with van der Waals surface area (Å²) in [6.45, 7) is 0. The van der Waals surface area contributed by atoms with Crippen molar-refractivity contribution in [1.82, 2.24) is 4.98 Å². The molecule has 0 atom stereocenters. The summed E-state index contributed by atoms with van der Waals surface area (Å²) in [5.74, 6) is 0.433. The van der Waals surface area contributed by atoms with Gasteiger partial charge in [0.2, 0.25) is 5.89 Å². The van der Waals surface area contributed by atoms with Crippen LogP contribution >= 0.6 is 11.6 Å². The van der Waals surface area contributed by atoms with Crippen molar-refractivity contribution in [2.24, 2.45) is 0 Å². The number of sulfone groups is 1. The van der Waals surface area contributed by atoms with Crippen LogP contribution in [0, 0.1) is 0 Å². The minimum Gasteiger partial charge on any atom is -0.436 e. The second kappa shape index (κ2) is 4.61. The zero-order valence-electron chi connectivity index (χ0n) is 10.5. The lowest BCUT2D eigenvalue weighted by Crippen LogP contribution is -1.96. The molecule has 20 heavy (non-hydrogen) atoms. The molecule has 0 aliphatic carbocycles. The molecule has 3 rings (SSSR count). The maximum Gasteiger partial charge on any atom is 0.227 e. The molecule has 102 valence electrons. The number of fused-ring (bicyclic) bond motifs is 1. The minimum absolute atomic E-state index is 0.264. The average molecular weight is 308 g/mol. The van der Waals surface area contributed by atoms with Gasteiger partial charge in [-0.15, -0.1) is 0 Å². The topological polar surface area (TPSA) is 60.2 Å². The van der Waals surface area contributed by atoms with Crippen LogP contribution in [0.25, 0.3) is 22.6 Å². The van der Waals surface area contributed by atoms with Crippen molar-refractivity contribution in [3.05, 3.63) is 47.5 Å². The van der Waals surface area contributed by atoms with Crippen molar-refractivity contribution < 1.29 is 12.8 Å².